The summed E-state index contributed by atoms with van der Waals surface area (Å²) in [7, 11) is 1.48. The molecule has 1 aromatic rings. The second-order valence-electron chi connectivity index (χ2n) is 5.86. The molecule has 0 amide bonds. The highest BCUT2D eigenvalue weighted by Crippen LogP contribution is 2.31. The van der Waals surface area contributed by atoms with Crippen LogP contribution in [-0.4, -0.2) is 31.1 Å². The molecule has 1 saturated heterocycles. The minimum atomic E-state index is -0.318. The SMILES string of the molecule is COc1ccc(C(CN)N2CCC(C)CC2C)cc1F. The van der Waals surface area contributed by atoms with Crippen LogP contribution < -0.4 is 10.5 Å². The lowest BCUT2D eigenvalue weighted by Crippen LogP contribution is -2.44. The van der Waals surface area contributed by atoms with Crippen molar-refractivity contribution < 1.29 is 9.13 Å². The topological polar surface area (TPSA) is 38.5 Å². The van der Waals surface area contributed by atoms with Crippen LogP contribution in [0.15, 0.2) is 18.2 Å². The van der Waals surface area contributed by atoms with Gasteiger partial charge in [0.1, 0.15) is 0 Å². The van der Waals surface area contributed by atoms with E-state index in [0.29, 0.717) is 12.6 Å². The van der Waals surface area contributed by atoms with Crippen LogP contribution in [0.2, 0.25) is 0 Å². The standard InChI is InChI=1S/C16H25FN2O/c1-11-6-7-19(12(2)8-11)15(10-18)13-4-5-16(20-3)14(17)9-13/h4-5,9,11-12,15H,6-8,10,18H2,1-3H3. The largest absolute Gasteiger partial charge is 0.494 e. The first-order valence-electron chi connectivity index (χ1n) is 7.36. The van der Waals surface area contributed by atoms with E-state index in [9.17, 15) is 4.39 Å². The number of benzene rings is 1. The Hall–Kier alpha value is -1.13. The quantitative estimate of drug-likeness (QED) is 0.921. The van der Waals surface area contributed by atoms with Gasteiger partial charge in [-0.1, -0.05) is 13.0 Å². The Morgan fingerprint density at radius 1 is 1.45 bits per heavy atom. The van der Waals surface area contributed by atoms with Crippen LogP contribution in [0.4, 0.5) is 4.39 Å². The van der Waals surface area contributed by atoms with Gasteiger partial charge in [-0.15, -0.1) is 0 Å². The van der Waals surface area contributed by atoms with Gasteiger partial charge in [0, 0.05) is 18.6 Å². The summed E-state index contributed by atoms with van der Waals surface area (Å²) in [4.78, 5) is 2.40. The molecule has 0 spiro atoms. The molecule has 1 heterocycles. The summed E-state index contributed by atoms with van der Waals surface area (Å²) in [6, 6.07) is 5.73. The molecular weight excluding hydrogens is 255 g/mol. The van der Waals surface area contributed by atoms with Gasteiger partial charge in [-0.05, 0) is 49.9 Å². The molecule has 1 aliphatic heterocycles. The van der Waals surface area contributed by atoms with E-state index in [1.54, 1.807) is 12.1 Å². The predicted octanol–water partition coefficient (Wildman–Crippen LogP) is 2.95. The molecule has 1 fully saturated rings. The molecule has 4 heteroatoms. The third kappa shape index (κ3) is 3.13. The molecule has 2 N–H and O–H groups in total. The summed E-state index contributed by atoms with van der Waals surface area (Å²) in [5.41, 5.74) is 6.89. The first-order chi connectivity index (χ1) is 9.56. The molecule has 1 aromatic carbocycles. The maximum atomic E-state index is 13.9. The van der Waals surface area contributed by atoms with Crippen molar-refractivity contribution in [3.8, 4) is 5.75 Å². The number of hydrogen-bond donors (Lipinski definition) is 1. The molecule has 0 saturated carbocycles. The Kier molecular flexibility index (Phi) is 5.00. The van der Waals surface area contributed by atoms with Crippen LogP contribution in [0.5, 0.6) is 5.75 Å². The molecule has 2 rings (SSSR count). The van der Waals surface area contributed by atoms with Gasteiger partial charge in [-0.3, -0.25) is 4.90 Å². The Morgan fingerprint density at radius 2 is 2.20 bits per heavy atom. The fourth-order valence-corrected chi connectivity index (χ4v) is 3.24. The van der Waals surface area contributed by atoms with E-state index in [1.807, 2.05) is 6.07 Å². The second-order valence-corrected chi connectivity index (χ2v) is 5.86. The number of methoxy groups -OCH3 is 1. The van der Waals surface area contributed by atoms with Crippen molar-refractivity contribution in [1.29, 1.82) is 0 Å². The van der Waals surface area contributed by atoms with Gasteiger partial charge in [0.2, 0.25) is 0 Å². The molecule has 3 unspecified atom stereocenters. The Morgan fingerprint density at radius 3 is 2.75 bits per heavy atom. The van der Waals surface area contributed by atoms with Crippen molar-refractivity contribution in [2.75, 3.05) is 20.2 Å². The molecule has 0 radical (unpaired) electrons. The van der Waals surface area contributed by atoms with Gasteiger partial charge >= 0.3 is 0 Å². The van der Waals surface area contributed by atoms with E-state index in [2.05, 4.69) is 18.7 Å². The third-order valence-electron chi connectivity index (χ3n) is 4.37. The third-order valence-corrected chi connectivity index (χ3v) is 4.37. The van der Waals surface area contributed by atoms with Crippen molar-refractivity contribution >= 4 is 0 Å². The lowest BCUT2D eigenvalue weighted by Gasteiger charge is -2.41. The van der Waals surface area contributed by atoms with Crippen LogP contribution >= 0.6 is 0 Å². The lowest BCUT2D eigenvalue weighted by molar-refractivity contribution is 0.0845. The van der Waals surface area contributed by atoms with E-state index in [4.69, 9.17) is 10.5 Å². The van der Waals surface area contributed by atoms with Crippen molar-refractivity contribution in [2.45, 2.75) is 38.8 Å². The number of ether oxygens (including phenoxy) is 1. The van der Waals surface area contributed by atoms with Gasteiger partial charge in [-0.2, -0.15) is 0 Å². The van der Waals surface area contributed by atoms with E-state index in [-0.39, 0.29) is 17.6 Å². The number of piperidine rings is 1. The van der Waals surface area contributed by atoms with Crippen LogP contribution in [0.3, 0.4) is 0 Å². The maximum Gasteiger partial charge on any atom is 0.165 e. The van der Waals surface area contributed by atoms with Crippen molar-refractivity contribution in [2.24, 2.45) is 11.7 Å². The van der Waals surface area contributed by atoms with Gasteiger partial charge in [-0.25, -0.2) is 4.39 Å². The number of halogens is 1. The molecule has 0 aromatic heterocycles. The van der Waals surface area contributed by atoms with Crippen LogP contribution in [0.25, 0.3) is 0 Å². The highest BCUT2D eigenvalue weighted by atomic mass is 19.1. The molecule has 3 nitrogen and oxygen atoms in total. The van der Waals surface area contributed by atoms with Crippen molar-refractivity contribution in [3.63, 3.8) is 0 Å². The molecular formula is C16H25FN2O. The molecule has 112 valence electrons. The zero-order valence-corrected chi connectivity index (χ0v) is 12.6. The molecule has 0 bridgehead atoms. The van der Waals surface area contributed by atoms with Gasteiger partial charge in [0.15, 0.2) is 11.6 Å². The highest BCUT2D eigenvalue weighted by molar-refractivity contribution is 5.31. The normalized spacial score (nSPS) is 25.4. The number of rotatable bonds is 4. The van der Waals surface area contributed by atoms with Gasteiger partial charge in [0.25, 0.3) is 0 Å². The van der Waals surface area contributed by atoms with Crippen molar-refractivity contribution in [3.05, 3.63) is 29.6 Å². The lowest BCUT2D eigenvalue weighted by atomic mass is 9.90. The molecule has 1 aliphatic rings. The van der Waals surface area contributed by atoms with Crippen molar-refractivity contribution in [1.82, 2.24) is 4.90 Å². The van der Waals surface area contributed by atoms with E-state index < -0.39 is 0 Å². The molecule has 20 heavy (non-hydrogen) atoms. The Bertz CT molecular complexity index is 452. The highest BCUT2D eigenvalue weighted by Gasteiger charge is 2.29. The van der Waals surface area contributed by atoms with E-state index >= 15 is 0 Å². The number of likely N-dealkylation sites (tertiary alicyclic amines) is 1. The van der Waals surface area contributed by atoms with Crippen LogP contribution in [-0.2, 0) is 0 Å². The minimum absolute atomic E-state index is 0.0814. The first-order valence-corrected chi connectivity index (χ1v) is 7.36. The van der Waals surface area contributed by atoms with Gasteiger partial charge in [0.05, 0.1) is 7.11 Å². The maximum absolute atomic E-state index is 13.9. The van der Waals surface area contributed by atoms with Crippen LogP contribution in [0.1, 0.15) is 38.3 Å². The van der Waals surface area contributed by atoms with E-state index in [1.165, 1.54) is 20.0 Å². The summed E-state index contributed by atoms with van der Waals surface area (Å²) in [6.45, 7) is 6.05. The van der Waals surface area contributed by atoms with Crippen LogP contribution in [0, 0.1) is 11.7 Å². The summed E-state index contributed by atoms with van der Waals surface area (Å²) in [5.74, 6) is 0.721. The Balaban J connectivity index is 2.21. The fourth-order valence-electron chi connectivity index (χ4n) is 3.24. The predicted molar refractivity (Wildman–Crippen MR) is 79.3 cm³/mol. The van der Waals surface area contributed by atoms with Gasteiger partial charge < -0.3 is 10.5 Å². The first kappa shape index (κ1) is 15.3. The molecule has 0 aliphatic carbocycles. The smallest absolute Gasteiger partial charge is 0.165 e. The second kappa shape index (κ2) is 6.55. The number of hydrogen-bond acceptors (Lipinski definition) is 3. The average molecular weight is 280 g/mol. The van der Waals surface area contributed by atoms with E-state index in [0.717, 1.165) is 18.0 Å². The monoisotopic (exact) mass is 280 g/mol. The summed E-state index contributed by atoms with van der Waals surface area (Å²) in [6.07, 6.45) is 2.36. The number of nitrogens with zero attached hydrogens (tertiary/aromatic N) is 1. The summed E-state index contributed by atoms with van der Waals surface area (Å²) in [5, 5.41) is 0. The molecule has 3 atom stereocenters. The zero-order valence-electron chi connectivity index (χ0n) is 12.6. The minimum Gasteiger partial charge on any atom is -0.494 e. The summed E-state index contributed by atoms with van der Waals surface area (Å²) >= 11 is 0. The number of nitrogens with two attached hydrogens (primary N) is 1. The summed E-state index contributed by atoms with van der Waals surface area (Å²) < 4.78 is 18.9. The average Bonchev–Trinajstić information content (AvgIpc) is 2.42. The Labute approximate surface area is 120 Å². The fraction of sp³-hybridized carbons (Fsp3) is 0.625. The zero-order chi connectivity index (χ0) is 14.7.